The van der Waals surface area contributed by atoms with Crippen molar-refractivity contribution in [1.29, 1.82) is 0 Å². The Morgan fingerprint density at radius 1 is 1.04 bits per heavy atom. The maximum Gasteiger partial charge on any atom is 0.0952 e. The van der Waals surface area contributed by atoms with E-state index in [1.54, 1.807) is 0 Å². The monoisotopic (exact) mass is 352 g/mol. The molecule has 1 unspecified atom stereocenters. The molecule has 2 saturated carbocycles. The van der Waals surface area contributed by atoms with Crippen LogP contribution in [0.1, 0.15) is 48.7 Å². The Morgan fingerprint density at radius 2 is 1.92 bits per heavy atom. The smallest absolute Gasteiger partial charge is 0.0952 e. The lowest BCUT2D eigenvalue weighted by Gasteiger charge is -2.33. The van der Waals surface area contributed by atoms with E-state index < -0.39 is 0 Å². The van der Waals surface area contributed by atoms with Crippen LogP contribution in [0.5, 0.6) is 0 Å². The first-order chi connectivity index (χ1) is 12.8. The molecule has 2 fully saturated rings. The fraction of sp³-hybridized carbons (Fsp3) is 0.619. The second-order valence-corrected chi connectivity index (χ2v) is 8.34. The molecule has 0 N–H and O–H groups in total. The molecule has 2 aromatic rings. The van der Waals surface area contributed by atoms with Crippen molar-refractivity contribution in [2.75, 3.05) is 19.8 Å². The van der Waals surface area contributed by atoms with E-state index in [1.165, 1.54) is 37.1 Å². The van der Waals surface area contributed by atoms with Gasteiger partial charge < -0.3 is 9.30 Å². The van der Waals surface area contributed by atoms with Crippen molar-refractivity contribution in [3.05, 3.63) is 47.8 Å². The number of fused-ring (bicyclic) bond motifs is 1. The number of hydrogen-bond acceptors (Lipinski definition) is 4. The van der Waals surface area contributed by atoms with Gasteiger partial charge in [-0.1, -0.05) is 6.07 Å². The molecule has 0 saturated heterocycles. The van der Waals surface area contributed by atoms with Gasteiger partial charge in [0.15, 0.2) is 0 Å². The van der Waals surface area contributed by atoms with Crippen molar-refractivity contribution in [1.82, 2.24) is 19.4 Å². The lowest BCUT2D eigenvalue weighted by molar-refractivity contribution is 0.0860. The number of nitrogens with zero attached hydrogens (tertiary/aromatic N) is 4. The number of aromatic nitrogens is 3. The Morgan fingerprint density at radius 3 is 2.69 bits per heavy atom. The fourth-order valence-corrected chi connectivity index (χ4v) is 4.06. The van der Waals surface area contributed by atoms with Gasteiger partial charge in [0.2, 0.25) is 0 Å². The average molecular weight is 352 g/mol. The molecular formula is C21H28N4O. The van der Waals surface area contributed by atoms with Gasteiger partial charge in [-0.25, -0.2) is 4.98 Å². The number of hydrogen-bond donors (Lipinski definition) is 0. The molecule has 2 aromatic heterocycles. The summed E-state index contributed by atoms with van der Waals surface area (Å²) in [5.41, 5.74) is 3.81. The van der Waals surface area contributed by atoms with Crippen molar-refractivity contribution in [3.8, 4) is 0 Å². The predicted molar refractivity (Wildman–Crippen MR) is 99.6 cm³/mol. The minimum atomic E-state index is 0.419. The van der Waals surface area contributed by atoms with E-state index in [1.807, 2.05) is 12.3 Å². The number of rotatable bonds is 8. The van der Waals surface area contributed by atoms with Gasteiger partial charge in [0, 0.05) is 50.6 Å². The quantitative estimate of drug-likeness (QED) is 0.732. The van der Waals surface area contributed by atoms with Crippen LogP contribution < -0.4 is 0 Å². The fourth-order valence-electron chi connectivity index (χ4n) is 4.06. The van der Waals surface area contributed by atoms with Crippen LogP contribution in [0.3, 0.4) is 0 Å². The lowest BCUT2D eigenvalue weighted by Crippen LogP contribution is -2.36. The van der Waals surface area contributed by atoms with Crippen LogP contribution >= 0.6 is 0 Å². The summed E-state index contributed by atoms with van der Waals surface area (Å²) in [6.45, 7) is 5.73. The van der Waals surface area contributed by atoms with Gasteiger partial charge in [0.25, 0.3) is 0 Å². The van der Waals surface area contributed by atoms with Crippen LogP contribution in [-0.2, 0) is 24.4 Å². The molecule has 0 radical (unpaired) electrons. The molecule has 1 aliphatic heterocycles. The van der Waals surface area contributed by atoms with Crippen molar-refractivity contribution in [3.63, 3.8) is 0 Å². The van der Waals surface area contributed by atoms with E-state index in [9.17, 15) is 0 Å². The molecule has 0 bridgehead atoms. The summed E-state index contributed by atoms with van der Waals surface area (Å²) in [7, 11) is 0. The SMILES string of the molecule is c1ccc(CN2Cc3ncn(CC4CC4)c3C(COCC3CC3)C2)nc1. The highest BCUT2D eigenvalue weighted by molar-refractivity contribution is 5.23. The molecule has 5 nitrogen and oxygen atoms in total. The average Bonchev–Trinajstić information content (AvgIpc) is 3.57. The maximum atomic E-state index is 6.11. The molecule has 3 heterocycles. The molecule has 2 aliphatic carbocycles. The zero-order valence-corrected chi connectivity index (χ0v) is 15.4. The summed E-state index contributed by atoms with van der Waals surface area (Å²) in [4.78, 5) is 11.8. The van der Waals surface area contributed by atoms with E-state index in [-0.39, 0.29) is 0 Å². The van der Waals surface area contributed by atoms with Crippen LogP contribution in [0.4, 0.5) is 0 Å². The first kappa shape index (κ1) is 16.5. The van der Waals surface area contributed by atoms with Crippen LogP contribution in [0, 0.1) is 11.8 Å². The number of pyridine rings is 1. The molecule has 0 amide bonds. The largest absolute Gasteiger partial charge is 0.380 e. The Balaban J connectivity index is 1.32. The van der Waals surface area contributed by atoms with E-state index in [0.717, 1.165) is 56.9 Å². The highest BCUT2D eigenvalue weighted by Crippen LogP contribution is 2.35. The van der Waals surface area contributed by atoms with Gasteiger partial charge in [0.1, 0.15) is 0 Å². The second kappa shape index (κ2) is 7.12. The molecule has 138 valence electrons. The molecule has 26 heavy (non-hydrogen) atoms. The minimum Gasteiger partial charge on any atom is -0.380 e. The molecule has 5 rings (SSSR count). The summed E-state index contributed by atoms with van der Waals surface area (Å²) >= 11 is 0. The summed E-state index contributed by atoms with van der Waals surface area (Å²) in [6.07, 6.45) is 9.40. The summed E-state index contributed by atoms with van der Waals surface area (Å²) in [5.74, 6) is 2.11. The minimum absolute atomic E-state index is 0.419. The van der Waals surface area contributed by atoms with E-state index in [4.69, 9.17) is 9.72 Å². The molecule has 0 aromatic carbocycles. The maximum absolute atomic E-state index is 6.11. The molecule has 1 atom stereocenters. The normalized spacial score (nSPS) is 23.2. The van der Waals surface area contributed by atoms with Gasteiger partial charge in [-0.3, -0.25) is 9.88 Å². The topological polar surface area (TPSA) is 43.2 Å². The van der Waals surface area contributed by atoms with Crippen molar-refractivity contribution < 1.29 is 4.74 Å². The predicted octanol–water partition coefficient (Wildman–Crippen LogP) is 3.21. The van der Waals surface area contributed by atoms with Gasteiger partial charge in [-0.15, -0.1) is 0 Å². The Labute approximate surface area is 155 Å². The Hall–Kier alpha value is -1.72. The van der Waals surface area contributed by atoms with E-state index in [0.29, 0.717) is 5.92 Å². The zero-order valence-electron chi connectivity index (χ0n) is 15.4. The zero-order chi connectivity index (χ0) is 17.3. The Kier molecular flexibility index (Phi) is 4.51. The van der Waals surface area contributed by atoms with Gasteiger partial charge in [-0.05, 0) is 49.7 Å². The van der Waals surface area contributed by atoms with Gasteiger partial charge in [-0.2, -0.15) is 0 Å². The number of ether oxygens (including phenoxy) is 1. The highest BCUT2D eigenvalue weighted by atomic mass is 16.5. The summed E-state index contributed by atoms with van der Waals surface area (Å²) in [5, 5.41) is 0. The van der Waals surface area contributed by atoms with Crippen molar-refractivity contribution in [2.45, 2.75) is 51.2 Å². The Bertz CT molecular complexity index is 736. The van der Waals surface area contributed by atoms with Crippen molar-refractivity contribution >= 4 is 0 Å². The molecule has 5 heteroatoms. The first-order valence-electron chi connectivity index (χ1n) is 10.1. The lowest BCUT2D eigenvalue weighted by atomic mass is 9.98. The van der Waals surface area contributed by atoms with E-state index >= 15 is 0 Å². The van der Waals surface area contributed by atoms with Crippen LogP contribution in [0.15, 0.2) is 30.7 Å². The standard InChI is InChI=1S/C21H28N4O/c1-2-8-22-19(3-1)11-24-10-18(14-26-13-17-6-7-17)21-20(12-24)23-15-25(21)9-16-4-5-16/h1-3,8,15-18H,4-7,9-14H2. The second-order valence-electron chi connectivity index (χ2n) is 8.34. The third-order valence-corrected chi connectivity index (χ3v) is 5.83. The van der Waals surface area contributed by atoms with Crippen LogP contribution in [-0.4, -0.2) is 39.2 Å². The summed E-state index contributed by atoms with van der Waals surface area (Å²) < 4.78 is 8.54. The number of imidazole rings is 1. The first-order valence-corrected chi connectivity index (χ1v) is 10.1. The van der Waals surface area contributed by atoms with Gasteiger partial charge >= 0.3 is 0 Å². The third kappa shape index (κ3) is 3.84. The third-order valence-electron chi connectivity index (χ3n) is 5.83. The molecule has 0 spiro atoms. The van der Waals surface area contributed by atoms with Crippen LogP contribution in [0.2, 0.25) is 0 Å². The highest BCUT2D eigenvalue weighted by Gasteiger charge is 2.32. The van der Waals surface area contributed by atoms with Gasteiger partial charge in [0.05, 0.1) is 24.3 Å². The van der Waals surface area contributed by atoms with E-state index in [2.05, 4.69) is 32.9 Å². The molecular weight excluding hydrogens is 324 g/mol. The molecule has 3 aliphatic rings. The van der Waals surface area contributed by atoms with Crippen LogP contribution in [0.25, 0.3) is 0 Å². The van der Waals surface area contributed by atoms with Crippen molar-refractivity contribution in [2.24, 2.45) is 11.8 Å². The summed E-state index contributed by atoms with van der Waals surface area (Å²) in [6, 6.07) is 6.16.